The number of hydrogen-bond donors (Lipinski definition) is 1. The van der Waals surface area contributed by atoms with Gasteiger partial charge in [-0.1, -0.05) is 5.16 Å². The second kappa shape index (κ2) is 5.72. The number of hydrogen-bond acceptors (Lipinski definition) is 4. The van der Waals surface area contributed by atoms with Gasteiger partial charge in [-0.15, -0.1) is 0 Å². The van der Waals surface area contributed by atoms with E-state index < -0.39 is 30.2 Å². The van der Waals surface area contributed by atoms with Gasteiger partial charge in [-0.05, 0) is 12.1 Å². The van der Waals surface area contributed by atoms with Crippen LogP contribution in [0.15, 0.2) is 16.7 Å². The second-order valence-electron chi connectivity index (χ2n) is 3.98. The quantitative estimate of drug-likeness (QED) is 0.697. The number of aromatic nitrogens is 2. The highest BCUT2D eigenvalue weighted by atomic mass is 19.4. The van der Waals surface area contributed by atoms with Crippen LogP contribution in [0, 0.1) is 17.5 Å². The van der Waals surface area contributed by atoms with Crippen LogP contribution in [0.1, 0.15) is 5.89 Å². The molecule has 0 amide bonds. The van der Waals surface area contributed by atoms with Gasteiger partial charge in [0.25, 0.3) is 0 Å². The van der Waals surface area contributed by atoms with Gasteiger partial charge >= 0.3 is 6.18 Å². The molecule has 0 fully saturated rings. The number of benzene rings is 1. The monoisotopic (exact) mass is 311 g/mol. The fourth-order valence-corrected chi connectivity index (χ4v) is 1.44. The minimum Gasteiger partial charge on any atom is -0.338 e. The summed E-state index contributed by atoms with van der Waals surface area (Å²) in [7, 11) is 0. The van der Waals surface area contributed by atoms with Gasteiger partial charge in [0.2, 0.25) is 11.7 Å². The predicted octanol–water partition coefficient (Wildman–Crippen LogP) is 2.81. The summed E-state index contributed by atoms with van der Waals surface area (Å²) in [5.74, 6) is -5.00. The summed E-state index contributed by atoms with van der Waals surface area (Å²) < 4.78 is 79.2. The molecular weight excluding hydrogens is 304 g/mol. The number of alkyl halides is 3. The summed E-state index contributed by atoms with van der Waals surface area (Å²) in [6.45, 7) is -1.64. The molecule has 0 saturated carbocycles. The normalized spacial score (nSPS) is 11.9. The lowest BCUT2D eigenvalue weighted by molar-refractivity contribution is -0.125. The molecule has 0 atom stereocenters. The first-order valence-electron chi connectivity index (χ1n) is 5.51. The smallest absolute Gasteiger partial charge is 0.338 e. The molecular formula is C11H7F6N3O. The highest BCUT2D eigenvalue weighted by Gasteiger charge is 2.26. The minimum absolute atomic E-state index is 0.197. The van der Waals surface area contributed by atoms with Crippen LogP contribution < -0.4 is 5.32 Å². The van der Waals surface area contributed by atoms with Crippen LogP contribution in [0.25, 0.3) is 11.4 Å². The van der Waals surface area contributed by atoms with E-state index in [0.717, 1.165) is 0 Å². The molecule has 0 saturated heterocycles. The van der Waals surface area contributed by atoms with E-state index in [0.29, 0.717) is 12.1 Å². The van der Waals surface area contributed by atoms with E-state index in [1.165, 1.54) is 0 Å². The highest BCUT2D eigenvalue weighted by molar-refractivity contribution is 5.54. The molecule has 0 aliphatic heterocycles. The lowest BCUT2D eigenvalue weighted by Crippen LogP contribution is -2.28. The molecule has 2 aromatic rings. The zero-order valence-corrected chi connectivity index (χ0v) is 10.1. The first-order valence-corrected chi connectivity index (χ1v) is 5.51. The Morgan fingerprint density at radius 3 is 2.29 bits per heavy atom. The summed E-state index contributed by atoms with van der Waals surface area (Å²) in [6, 6.07) is 1.30. The van der Waals surface area contributed by atoms with Crippen LogP contribution in [-0.4, -0.2) is 22.9 Å². The second-order valence-corrected chi connectivity index (χ2v) is 3.98. The lowest BCUT2D eigenvalue weighted by Gasteiger charge is -2.05. The van der Waals surface area contributed by atoms with Crippen molar-refractivity contribution in [2.45, 2.75) is 12.7 Å². The SMILES string of the molecule is Fc1cc(-c2noc(CNCC(F)(F)F)n2)cc(F)c1F. The predicted molar refractivity (Wildman–Crippen MR) is 57.4 cm³/mol. The molecule has 1 aromatic carbocycles. The highest BCUT2D eigenvalue weighted by Crippen LogP contribution is 2.21. The number of nitrogens with zero attached hydrogens (tertiary/aromatic N) is 2. The molecule has 0 spiro atoms. The van der Waals surface area contributed by atoms with Crippen LogP contribution in [0.5, 0.6) is 0 Å². The Bertz CT molecular complexity index is 616. The number of halogens is 6. The summed E-state index contributed by atoms with van der Waals surface area (Å²) >= 11 is 0. The standard InChI is InChI=1S/C11H7F6N3O/c12-6-1-5(2-7(13)9(6)14)10-19-8(21-20-10)3-18-4-11(15,16)17/h1-2,18H,3-4H2. The van der Waals surface area contributed by atoms with Crippen LogP contribution in [0.3, 0.4) is 0 Å². The van der Waals surface area contributed by atoms with Gasteiger partial charge in [-0.2, -0.15) is 18.2 Å². The first kappa shape index (κ1) is 15.3. The Balaban J connectivity index is 2.10. The van der Waals surface area contributed by atoms with E-state index >= 15 is 0 Å². The third kappa shape index (κ3) is 3.94. The maximum atomic E-state index is 13.0. The first-order chi connectivity index (χ1) is 9.76. The van der Waals surface area contributed by atoms with Gasteiger partial charge in [-0.25, -0.2) is 13.2 Å². The number of nitrogens with one attached hydrogen (secondary N) is 1. The van der Waals surface area contributed by atoms with Gasteiger partial charge in [-0.3, -0.25) is 0 Å². The van der Waals surface area contributed by atoms with Crippen LogP contribution in [0.2, 0.25) is 0 Å². The molecule has 10 heteroatoms. The molecule has 21 heavy (non-hydrogen) atoms. The molecule has 1 N–H and O–H groups in total. The fourth-order valence-electron chi connectivity index (χ4n) is 1.44. The maximum Gasteiger partial charge on any atom is 0.401 e. The molecule has 2 rings (SSSR count). The summed E-state index contributed by atoms with van der Waals surface area (Å²) in [6.07, 6.45) is -4.40. The van der Waals surface area contributed by atoms with Crippen molar-refractivity contribution < 1.29 is 30.9 Å². The third-order valence-electron chi connectivity index (χ3n) is 2.31. The summed E-state index contributed by atoms with van der Waals surface area (Å²) in [5.41, 5.74) is -0.197. The molecule has 0 unspecified atom stereocenters. The van der Waals surface area contributed by atoms with Crippen LogP contribution >= 0.6 is 0 Å². The molecule has 1 heterocycles. The van der Waals surface area contributed by atoms with Gasteiger partial charge in [0.15, 0.2) is 17.5 Å². The van der Waals surface area contributed by atoms with E-state index in [2.05, 4.69) is 14.7 Å². The Kier molecular flexibility index (Phi) is 4.16. The van der Waals surface area contributed by atoms with E-state index in [4.69, 9.17) is 0 Å². The zero-order chi connectivity index (χ0) is 15.6. The van der Waals surface area contributed by atoms with E-state index in [9.17, 15) is 26.3 Å². The minimum atomic E-state index is -4.40. The summed E-state index contributed by atoms with van der Waals surface area (Å²) in [5, 5.41) is 5.36. The molecule has 114 valence electrons. The average molecular weight is 311 g/mol. The van der Waals surface area contributed by atoms with E-state index in [-0.39, 0.29) is 23.8 Å². The zero-order valence-electron chi connectivity index (χ0n) is 10.1. The number of rotatable bonds is 4. The lowest BCUT2D eigenvalue weighted by atomic mass is 10.2. The van der Waals surface area contributed by atoms with Crippen molar-refractivity contribution in [1.82, 2.24) is 15.5 Å². The average Bonchev–Trinajstić information content (AvgIpc) is 2.82. The maximum absolute atomic E-state index is 13.0. The molecule has 4 nitrogen and oxygen atoms in total. The van der Waals surface area contributed by atoms with Gasteiger partial charge in [0.1, 0.15) is 0 Å². The van der Waals surface area contributed by atoms with Crippen molar-refractivity contribution in [2.75, 3.05) is 6.54 Å². The Morgan fingerprint density at radius 2 is 1.71 bits per heavy atom. The molecule has 0 aliphatic carbocycles. The van der Waals surface area contributed by atoms with Gasteiger partial charge < -0.3 is 9.84 Å². The van der Waals surface area contributed by atoms with E-state index in [1.807, 2.05) is 5.32 Å². The van der Waals surface area contributed by atoms with Crippen LogP contribution in [0.4, 0.5) is 26.3 Å². The molecule has 0 radical (unpaired) electrons. The Hall–Kier alpha value is -2.10. The molecule has 0 aliphatic rings. The Labute approximate surface area is 113 Å². The third-order valence-corrected chi connectivity index (χ3v) is 2.31. The topological polar surface area (TPSA) is 51.0 Å². The summed E-state index contributed by atoms with van der Waals surface area (Å²) in [4.78, 5) is 3.65. The van der Waals surface area contributed by atoms with E-state index in [1.54, 1.807) is 0 Å². The van der Waals surface area contributed by atoms with Gasteiger partial charge in [0.05, 0.1) is 13.1 Å². The largest absolute Gasteiger partial charge is 0.401 e. The van der Waals surface area contributed by atoms with Crippen molar-refractivity contribution in [3.05, 3.63) is 35.5 Å². The fraction of sp³-hybridized carbons (Fsp3) is 0.273. The van der Waals surface area contributed by atoms with Crippen molar-refractivity contribution in [3.63, 3.8) is 0 Å². The van der Waals surface area contributed by atoms with Crippen molar-refractivity contribution >= 4 is 0 Å². The molecule has 0 bridgehead atoms. The van der Waals surface area contributed by atoms with Gasteiger partial charge in [0, 0.05) is 5.56 Å². The van der Waals surface area contributed by atoms with Crippen LogP contribution in [-0.2, 0) is 6.54 Å². The molecule has 1 aromatic heterocycles. The van der Waals surface area contributed by atoms with Crippen molar-refractivity contribution in [2.24, 2.45) is 0 Å². The van der Waals surface area contributed by atoms with Crippen molar-refractivity contribution in [3.8, 4) is 11.4 Å². The van der Waals surface area contributed by atoms with Crippen molar-refractivity contribution in [1.29, 1.82) is 0 Å². The Morgan fingerprint density at radius 1 is 1.10 bits per heavy atom.